The molecule has 34 heavy (non-hydrogen) atoms. The second kappa shape index (κ2) is 9.35. The Balaban J connectivity index is 1.83. The second-order valence-electron chi connectivity index (χ2n) is 7.84. The Bertz CT molecular complexity index is 1190. The molecule has 4 rings (SSSR count). The van der Waals surface area contributed by atoms with Gasteiger partial charge in [0, 0.05) is 35.8 Å². The average molecular weight is 515 g/mol. The first-order valence-corrected chi connectivity index (χ1v) is 11.3. The van der Waals surface area contributed by atoms with Gasteiger partial charge < -0.3 is 15.5 Å². The summed E-state index contributed by atoms with van der Waals surface area (Å²) >= 11 is 7.32. The second-order valence-corrected chi connectivity index (χ2v) is 9.11. The fourth-order valence-corrected chi connectivity index (χ4v) is 4.86. The van der Waals surface area contributed by atoms with Crippen molar-refractivity contribution in [2.24, 2.45) is 4.99 Å². The Labute approximate surface area is 200 Å². The fraction of sp³-hybridized carbons (Fsp3) is 0.333. The van der Waals surface area contributed by atoms with Crippen LogP contribution in [0.5, 0.6) is 0 Å². The van der Waals surface area contributed by atoms with Crippen molar-refractivity contribution in [3.8, 4) is 0 Å². The van der Waals surface area contributed by atoms with Crippen LogP contribution >= 0.6 is 22.9 Å². The number of carboxylic acid groups (broad SMARTS) is 2. The predicted molar refractivity (Wildman–Crippen MR) is 118 cm³/mol. The molecule has 0 aliphatic carbocycles. The van der Waals surface area contributed by atoms with Crippen molar-refractivity contribution in [1.82, 2.24) is 15.2 Å². The highest BCUT2D eigenvalue weighted by Gasteiger charge is 2.44. The Morgan fingerprint density at radius 1 is 1.32 bits per heavy atom. The first-order chi connectivity index (χ1) is 16.1. The smallest absolute Gasteiger partial charge is 0.335 e. The van der Waals surface area contributed by atoms with Crippen LogP contribution < -0.4 is 5.32 Å². The number of aromatic nitrogens is 1. The summed E-state index contributed by atoms with van der Waals surface area (Å²) < 4.78 is 42.5. The molecule has 180 valence electrons. The number of likely N-dealkylation sites (tertiary alicyclic amines) is 1. The van der Waals surface area contributed by atoms with Crippen molar-refractivity contribution < 1.29 is 33.0 Å². The number of thiazole rings is 1. The molecular weight excluding hydrogens is 497 g/mol. The van der Waals surface area contributed by atoms with Gasteiger partial charge in [-0.1, -0.05) is 23.7 Å². The number of aliphatic imine (C=N–C) groups is 1. The minimum atomic E-state index is -3.14. The molecule has 8 nitrogen and oxygen atoms in total. The zero-order valence-corrected chi connectivity index (χ0v) is 18.9. The summed E-state index contributed by atoms with van der Waals surface area (Å²) in [6.07, 6.45) is 0.604. The van der Waals surface area contributed by atoms with Crippen molar-refractivity contribution in [3.05, 3.63) is 62.5 Å². The van der Waals surface area contributed by atoms with Crippen LogP contribution in [0, 0.1) is 5.82 Å². The number of rotatable bonds is 6. The summed E-state index contributed by atoms with van der Waals surface area (Å²) in [5, 5.41) is 24.1. The Hall–Kier alpha value is -2.96. The molecule has 0 saturated carbocycles. The Kier molecular flexibility index (Phi) is 6.65. The quantitative estimate of drug-likeness (QED) is 0.540. The number of halogens is 4. The number of hydrogen-bond acceptors (Lipinski definition) is 7. The van der Waals surface area contributed by atoms with Gasteiger partial charge in [-0.15, -0.1) is 11.3 Å². The van der Waals surface area contributed by atoms with Crippen LogP contribution in [0.4, 0.5) is 13.2 Å². The van der Waals surface area contributed by atoms with Crippen LogP contribution in [0.2, 0.25) is 5.02 Å². The van der Waals surface area contributed by atoms with Crippen LogP contribution in [0.25, 0.3) is 0 Å². The number of hydrogen-bond donors (Lipinski definition) is 3. The molecule has 0 spiro atoms. The van der Waals surface area contributed by atoms with E-state index in [0.29, 0.717) is 5.01 Å². The van der Waals surface area contributed by atoms with E-state index in [4.69, 9.17) is 11.6 Å². The van der Waals surface area contributed by atoms with E-state index >= 15 is 0 Å². The normalized spacial score (nSPS) is 22.8. The molecule has 13 heteroatoms. The topological polar surface area (TPSA) is 115 Å². The number of benzene rings is 1. The molecule has 0 amide bonds. The highest BCUT2D eigenvalue weighted by Crippen LogP contribution is 2.38. The number of nitrogens with one attached hydrogen (secondary N) is 1. The minimum absolute atomic E-state index is 0.0537. The summed E-state index contributed by atoms with van der Waals surface area (Å²) in [6.45, 7) is -1.31. The lowest BCUT2D eigenvalue weighted by Crippen LogP contribution is -2.54. The van der Waals surface area contributed by atoms with Crippen LogP contribution in [0.15, 0.2) is 46.0 Å². The molecule has 2 aliphatic rings. The average Bonchev–Trinajstić information content (AvgIpc) is 3.29. The minimum Gasteiger partial charge on any atom is -0.480 e. The molecule has 2 atom stereocenters. The van der Waals surface area contributed by atoms with Gasteiger partial charge in [0.15, 0.2) is 10.8 Å². The van der Waals surface area contributed by atoms with Crippen LogP contribution in [0.1, 0.15) is 29.5 Å². The molecule has 0 bridgehead atoms. The number of nitrogens with zero attached hydrogens (tertiary/aromatic N) is 3. The predicted octanol–water partition coefficient (Wildman–Crippen LogP) is 3.55. The first kappa shape index (κ1) is 24.2. The summed E-state index contributed by atoms with van der Waals surface area (Å²) in [6, 6.07) is 1.35. The molecule has 0 unspecified atom stereocenters. The van der Waals surface area contributed by atoms with Crippen molar-refractivity contribution in [1.29, 1.82) is 0 Å². The number of carbonyl (C=O) groups is 2. The van der Waals surface area contributed by atoms with Gasteiger partial charge in [-0.05, 0) is 12.5 Å². The Morgan fingerprint density at radius 3 is 2.74 bits per heavy atom. The Morgan fingerprint density at radius 2 is 2.09 bits per heavy atom. The van der Waals surface area contributed by atoms with E-state index in [2.05, 4.69) is 15.3 Å². The fourth-order valence-electron chi connectivity index (χ4n) is 4.04. The SMILES string of the molecule is O=C(O)C1=C(CN2CC(F)(F)CC[C@@H]2C(=O)O)NC(c2nccs2)=N[C@H]1c1cccc(F)c1Cl. The van der Waals surface area contributed by atoms with E-state index in [9.17, 15) is 33.0 Å². The third kappa shape index (κ3) is 4.79. The van der Waals surface area contributed by atoms with Gasteiger partial charge in [0.2, 0.25) is 0 Å². The van der Waals surface area contributed by atoms with Gasteiger partial charge in [-0.3, -0.25) is 14.7 Å². The summed E-state index contributed by atoms with van der Waals surface area (Å²) in [4.78, 5) is 33.6. The molecule has 1 fully saturated rings. The largest absolute Gasteiger partial charge is 0.480 e. The van der Waals surface area contributed by atoms with Crippen LogP contribution in [0.3, 0.4) is 0 Å². The van der Waals surface area contributed by atoms with E-state index in [1.54, 1.807) is 5.38 Å². The molecular formula is C21H18ClF3N4O4S. The summed E-state index contributed by atoms with van der Waals surface area (Å²) in [5.41, 5.74) is -0.348. The lowest BCUT2D eigenvalue weighted by atomic mass is 9.94. The zero-order chi connectivity index (χ0) is 24.6. The zero-order valence-electron chi connectivity index (χ0n) is 17.3. The van der Waals surface area contributed by atoms with Crippen molar-refractivity contribution in [3.63, 3.8) is 0 Å². The highest BCUT2D eigenvalue weighted by atomic mass is 35.5. The third-order valence-corrected chi connectivity index (χ3v) is 6.75. The van der Waals surface area contributed by atoms with Crippen molar-refractivity contribution in [2.45, 2.75) is 30.8 Å². The van der Waals surface area contributed by atoms with Crippen molar-refractivity contribution in [2.75, 3.05) is 13.1 Å². The summed E-state index contributed by atoms with van der Waals surface area (Å²) in [7, 11) is 0. The van der Waals surface area contributed by atoms with E-state index in [1.807, 2.05) is 0 Å². The first-order valence-electron chi connectivity index (χ1n) is 10.1. The van der Waals surface area contributed by atoms with Gasteiger partial charge in [0.05, 0.1) is 17.1 Å². The molecule has 3 N–H and O–H groups in total. The van der Waals surface area contributed by atoms with Gasteiger partial charge in [-0.2, -0.15) is 0 Å². The maximum atomic E-state index is 14.2. The van der Waals surface area contributed by atoms with Gasteiger partial charge in [0.25, 0.3) is 5.92 Å². The third-order valence-electron chi connectivity index (χ3n) is 5.57. The molecule has 2 aromatic rings. The van der Waals surface area contributed by atoms with Gasteiger partial charge >= 0.3 is 11.9 Å². The highest BCUT2D eigenvalue weighted by molar-refractivity contribution is 7.11. The standard InChI is InChI=1S/C21H18ClF3N4O4S/c22-15-10(2-1-3-11(15)23)16-14(20(32)33)12(27-17(28-16)18-26-6-7-34-18)8-29-9-21(24,25)5-4-13(29)19(30)31/h1-3,6-7,13,16H,4-5,8-9H2,(H,27,28)(H,30,31)(H,32,33)/t13-,16+/m1/s1. The maximum absolute atomic E-state index is 14.2. The number of carboxylic acids is 2. The summed E-state index contributed by atoms with van der Waals surface area (Å²) in [5.74, 6) is -6.51. The van der Waals surface area contributed by atoms with E-state index in [-0.39, 0.29) is 34.1 Å². The van der Waals surface area contributed by atoms with Gasteiger partial charge in [0.1, 0.15) is 17.9 Å². The number of alkyl halides is 2. The molecule has 1 aromatic carbocycles. The van der Waals surface area contributed by atoms with Crippen LogP contribution in [-0.2, 0) is 9.59 Å². The van der Waals surface area contributed by atoms with E-state index in [1.165, 1.54) is 29.7 Å². The maximum Gasteiger partial charge on any atom is 0.335 e. The van der Waals surface area contributed by atoms with Gasteiger partial charge in [-0.25, -0.2) is 22.9 Å². The lowest BCUT2D eigenvalue weighted by Gasteiger charge is -2.38. The molecule has 2 aliphatic heterocycles. The number of aliphatic carboxylic acids is 2. The van der Waals surface area contributed by atoms with E-state index < -0.39 is 55.3 Å². The van der Waals surface area contributed by atoms with Crippen LogP contribution in [-0.4, -0.2) is 62.9 Å². The van der Waals surface area contributed by atoms with E-state index in [0.717, 1.165) is 11.0 Å². The molecule has 1 aromatic heterocycles. The lowest BCUT2D eigenvalue weighted by molar-refractivity contribution is -0.151. The number of piperidine rings is 1. The monoisotopic (exact) mass is 514 g/mol. The molecule has 3 heterocycles. The number of amidine groups is 1. The van der Waals surface area contributed by atoms with Crippen molar-refractivity contribution >= 4 is 40.7 Å². The molecule has 0 radical (unpaired) electrons. The molecule has 1 saturated heterocycles.